The smallest absolute Gasteiger partial charge is 0.387 e. The standard InChI is InChI=1S/C10H16F2N3O13P3/c11-3-10(4-25-30(21,22)28-31(23,24)27-29(18,19)20)7(16)6(12)8(26-10)15-2-1-5(13)14-9(15)17/h1-2,6-8,16H,3-4H2,(H,21,22)(H,23,24)(H2,13,14,17)(H2,18,19,20)/t6-,7-,8?,10+/m0/s1. The maximum atomic E-state index is 14.5. The number of nitrogen functional groups attached to an aromatic ring is 1. The quantitative estimate of drug-likeness (QED) is 0.217. The number of nitrogens with zero attached hydrogens (tertiary/aromatic N) is 2. The van der Waals surface area contributed by atoms with Crippen molar-refractivity contribution >= 4 is 29.3 Å². The van der Waals surface area contributed by atoms with E-state index >= 15 is 0 Å². The van der Waals surface area contributed by atoms with E-state index in [0.29, 0.717) is 4.57 Å². The molecule has 31 heavy (non-hydrogen) atoms. The van der Waals surface area contributed by atoms with Gasteiger partial charge in [0.2, 0.25) is 0 Å². The van der Waals surface area contributed by atoms with Crippen LogP contribution in [0.15, 0.2) is 17.1 Å². The fraction of sp³-hybridized carbons (Fsp3) is 0.600. The predicted molar refractivity (Wildman–Crippen MR) is 92.5 cm³/mol. The fourth-order valence-electron chi connectivity index (χ4n) is 2.41. The van der Waals surface area contributed by atoms with Crippen molar-refractivity contribution in [2.45, 2.75) is 24.1 Å². The molecule has 3 unspecified atom stereocenters. The number of phosphoric acid groups is 3. The third-order valence-electron chi connectivity index (χ3n) is 3.71. The molecule has 0 aliphatic carbocycles. The fourth-order valence-corrected chi connectivity index (χ4v) is 5.49. The highest BCUT2D eigenvalue weighted by Gasteiger charge is 2.58. The minimum Gasteiger partial charge on any atom is -0.387 e. The highest BCUT2D eigenvalue weighted by molar-refractivity contribution is 7.66. The molecule has 21 heteroatoms. The molecule has 0 aromatic carbocycles. The van der Waals surface area contributed by atoms with Crippen LogP contribution in [-0.2, 0) is 31.6 Å². The Morgan fingerprint density at radius 3 is 2.35 bits per heavy atom. The van der Waals surface area contributed by atoms with Crippen LogP contribution in [0.4, 0.5) is 14.6 Å². The molecule has 1 aliphatic heterocycles. The van der Waals surface area contributed by atoms with Crippen LogP contribution in [0.2, 0.25) is 0 Å². The van der Waals surface area contributed by atoms with Crippen molar-refractivity contribution in [3.05, 3.63) is 22.7 Å². The number of alkyl halides is 2. The van der Waals surface area contributed by atoms with Crippen LogP contribution in [0.1, 0.15) is 6.23 Å². The lowest BCUT2D eigenvalue weighted by Gasteiger charge is -2.29. The maximum absolute atomic E-state index is 14.5. The number of phosphoric ester groups is 1. The van der Waals surface area contributed by atoms with Gasteiger partial charge in [0.15, 0.2) is 18.0 Å². The first kappa shape index (κ1) is 26.1. The number of hydrogen-bond acceptors (Lipinski definition) is 11. The first-order chi connectivity index (χ1) is 14.0. The molecule has 0 saturated carbocycles. The summed E-state index contributed by atoms with van der Waals surface area (Å²) in [7, 11) is -17.2. The number of hydrogen-bond donors (Lipinski definition) is 6. The van der Waals surface area contributed by atoms with E-state index in [1.807, 2.05) is 0 Å². The van der Waals surface area contributed by atoms with Crippen LogP contribution in [0, 0.1) is 0 Å². The first-order valence-corrected chi connectivity index (χ1v) is 12.2. The van der Waals surface area contributed by atoms with E-state index < -0.39 is 66.5 Å². The van der Waals surface area contributed by atoms with Gasteiger partial charge in [-0.3, -0.25) is 9.09 Å². The molecule has 0 spiro atoms. The number of nitrogens with two attached hydrogens (primary N) is 1. The summed E-state index contributed by atoms with van der Waals surface area (Å²) in [4.78, 5) is 50.6. The molecule has 1 aromatic rings. The van der Waals surface area contributed by atoms with E-state index in [-0.39, 0.29) is 5.82 Å². The zero-order valence-corrected chi connectivity index (χ0v) is 17.6. The van der Waals surface area contributed by atoms with E-state index in [9.17, 15) is 37.3 Å². The number of aliphatic hydroxyl groups is 1. The van der Waals surface area contributed by atoms with Gasteiger partial charge in [-0.2, -0.15) is 13.6 Å². The van der Waals surface area contributed by atoms with Crippen molar-refractivity contribution in [3.8, 4) is 0 Å². The van der Waals surface area contributed by atoms with Crippen LogP contribution in [0.3, 0.4) is 0 Å². The van der Waals surface area contributed by atoms with Gasteiger partial charge >= 0.3 is 29.2 Å². The van der Waals surface area contributed by atoms with Crippen LogP contribution in [-0.4, -0.2) is 65.4 Å². The molecule has 16 nitrogen and oxygen atoms in total. The van der Waals surface area contributed by atoms with Crippen molar-refractivity contribution in [1.82, 2.24) is 9.55 Å². The average Bonchev–Trinajstić information content (AvgIpc) is 2.82. The van der Waals surface area contributed by atoms with Gasteiger partial charge in [0, 0.05) is 6.20 Å². The molecule has 6 atom stereocenters. The van der Waals surface area contributed by atoms with Crippen LogP contribution in [0.25, 0.3) is 0 Å². The Morgan fingerprint density at radius 2 is 1.84 bits per heavy atom. The highest BCUT2D eigenvalue weighted by Crippen LogP contribution is 2.66. The Kier molecular flexibility index (Phi) is 7.60. The second-order valence-electron chi connectivity index (χ2n) is 6.00. The van der Waals surface area contributed by atoms with Crippen molar-refractivity contribution in [2.24, 2.45) is 0 Å². The minimum absolute atomic E-state index is 0.236. The molecule has 1 saturated heterocycles. The second-order valence-corrected chi connectivity index (χ2v) is 10.4. The molecule has 2 rings (SSSR count). The molecule has 1 aromatic heterocycles. The summed E-state index contributed by atoms with van der Waals surface area (Å²) in [5, 5.41) is 10.0. The van der Waals surface area contributed by atoms with E-state index in [1.165, 1.54) is 0 Å². The lowest BCUT2D eigenvalue weighted by molar-refractivity contribution is -0.136. The predicted octanol–water partition coefficient (Wildman–Crippen LogP) is -0.895. The second kappa shape index (κ2) is 9.02. The number of aliphatic hydroxyl groups excluding tert-OH is 1. The van der Waals surface area contributed by atoms with Gasteiger partial charge in [0.25, 0.3) is 0 Å². The number of anilines is 1. The maximum Gasteiger partial charge on any atom is 0.490 e. The summed E-state index contributed by atoms with van der Waals surface area (Å²) >= 11 is 0. The van der Waals surface area contributed by atoms with Gasteiger partial charge in [0.05, 0.1) is 6.61 Å². The van der Waals surface area contributed by atoms with Crippen LogP contribution in [0.5, 0.6) is 0 Å². The Hall–Kier alpha value is -1.13. The Bertz CT molecular complexity index is 1020. The Balaban J connectivity index is 2.20. The molecule has 0 amide bonds. The minimum atomic E-state index is -5.86. The lowest BCUT2D eigenvalue weighted by Crippen LogP contribution is -2.48. The largest absolute Gasteiger partial charge is 0.490 e. The topological polar surface area (TPSA) is 250 Å². The van der Waals surface area contributed by atoms with Crippen LogP contribution < -0.4 is 11.4 Å². The molecule has 7 N–H and O–H groups in total. The number of rotatable bonds is 9. The summed E-state index contributed by atoms with van der Waals surface area (Å²) in [6.07, 6.45) is -5.93. The first-order valence-electron chi connectivity index (χ1n) is 7.70. The third-order valence-corrected chi connectivity index (χ3v) is 7.49. The summed E-state index contributed by atoms with van der Waals surface area (Å²) in [5.41, 5.74) is 1.44. The van der Waals surface area contributed by atoms with Crippen molar-refractivity contribution in [2.75, 3.05) is 19.0 Å². The SMILES string of the molecule is Nc1ccn(C2O[C@](CF)(COP(=O)(O)OP(=O)(O)OP(=O)(O)O)[C@@H](O)[C@@H]2F)c(=O)n1. The van der Waals surface area contributed by atoms with Crippen LogP contribution >= 0.6 is 23.5 Å². The third kappa shape index (κ3) is 6.44. The summed E-state index contributed by atoms with van der Waals surface area (Å²) in [5.74, 6) is -0.236. The van der Waals surface area contributed by atoms with Gasteiger partial charge in [-0.1, -0.05) is 0 Å². The highest BCUT2D eigenvalue weighted by atomic mass is 31.3. The molecule has 178 valence electrons. The van der Waals surface area contributed by atoms with Gasteiger partial charge < -0.3 is 35.2 Å². The zero-order valence-electron chi connectivity index (χ0n) is 14.9. The number of ether oxygens (including phenoxy) is 1. The average molecular weight is 517 g/mol. The normalized spacial score (nSPS) is 30.6. The monoisotopic (exact) mass is 517 g/mol. The zero-order chi connectivity index (χ0) is 23.8. The molecule has 0 bridgehead atoms. The van der Waals surface area contributed by atoms with Gasteiger partial charge in [-0.25, -0.2) is 27.3 Å². The van der Waals surface area contributed by atoms with Gasteiger partial charge in [-0.15, -0.1) is 0 Å². The van der Waals surface area contributed by atoms with Crippen molar-refractivity contribution in [1.29, 1.82) is 0 Å². The Morgan fingerprint density at radius 1 is 1.23 bits per heavy atom. The van der Waals surface area contributed by atoms with E-state index in [1.54, 1.807) is 0 Å². The van der Waals surface area contributed by atoms with Crippen molar-refractivity contribution in [3.63, 3.8) is 0 Å². The molecule has 0 radical (unpaired) electrons. The summed E-state index contributed by atoms with van der Waals surface area (Å²) in [6, 6.07) is 1.06. The van der Waals surface area contributed by atoms with Gasteiger partial charge in [-0.05, 0) is 6.07 Å². The number of halogens is 2. The van der Waals surface area contributed by atoms with Crippen molar-refractivity contribution < 1.29 is 65.0 Å². The lowest BCUT2D eigenvalue weighted by atomic mass is 9.98. The molecule has 1 fully saturated rings. The molecule has 2 heterocycles. The molecule has 1 aliphatic rings. The summed E-state index contributed by atoms with van der Waals surface area (Å²) < 4.78 is 78.5. The van der Waals surface area contributed by atoms with E-state index in [4.69, 9.17) is 25.2 Å². The Labute approximate surface area is 170 Å². The van der Waals surface area contributed by atoms with E-state index in [0.717, 1.165) is 12.3 Å². The number of aromatic nitrogens is 2. The molecular weight excluding hydrogens is 501 g/mol. The van der Waals surface area contributed by atoms with E-state index in [2.05, 4.69) is 18.1 Å². The molecular formula is C10H16F2N3O13P3. The summed E-state index contributed by atoms with van der Waals surface area (Å²) in [6.45, 7) is -3.24. The van der Waals surface area contributed by atoms with Gasteiger partial charge in [0.1, 0.15) is 18.6 Å².